The predicted octanol–water partition coefficient (Wildman–Crippen LogP) is 0.0271. The zero-order valence-electron chi connectivity index (χ0n) is 4.28. The van der Waals surface area contributed by atoms with Gasteiger partial charge in [0.15, 0.2) is 0 Å². The molecule has 0 saturated carbocycles. The van der Waals surface area contributed by atoms with Crippen molar-refractivity contribution in [2.45, 2.75) is 6.29 Å². The summed E-state index contributed by atoms with van der Waals surface area (Å²) in [6.45, 7) is -0.0215. The normalized spacial score (nSPS) is 18.1. The third-order valence-corrected chi connectivity index (χ3v) is 0.779. The van der Waals surface area contributed by atoms with Crippen molar-refractivity contribution in [3.63, 3.8) is 0 Å². The zero-order valence-corrected chi connectivity index (χ0v) is 4.28. The van der Waals surface area contributed by atoms with Crippen LogP contribution in [0.25, 0.3) is 0 Å². The highest BCUT2D eigenvalue weighted by Gasteiger charge is 2.09. The molecule has 0 unspecified atom stereocenters. The van der Waals surface area contributed by atoms with E-state index in [1.165, 1.54) is 18.9 Å². The zero-order chi connectivity index (χ0) is 5.82. The topological polar surface area (TPSA) is 38.7 Å². The first-order valence-corrected chi connectivity index (χ1v) is 2.33. The second kappa shape index (κ2) is 2.57. The quantitative estimate of drug-likeness (QED) is 0.551. The van der Waals surface area contributed by atoms with Crippen molar-refractivity contribution in [1.29, 1.82) is 0 Å². The minimum absolute atomic E-state index is 0.0215. The van der Waals surface area contributed by atoms with Crippen molar-refractivity contribution < 1.29 is 14.6 Å². The number of hydrogen-bond acceptors (Lipinski definition) is 3. The molecule has 45 valence electrons. The largest absolute Gasteiger partial charge is 0.459 e. The molecule has 0 aromatic rings. The molecule has 0 bridgehead atoms. The lowest BCUT2D eigenvalue weighted by atomic mass is 10.4. The third-order valence-electron chi connectivity index (χ3n) is 0.779. The van der Waals surface area contributed by atoms with E-state index in [1.807, 2.05) is 0 Å². The smallest absolute Gasteiger partial charge is 0.245 e. The van der Waals surface area contributed by atoms with Crippen LogP contribution in [-0.2, 0) is 9.47 Å². The molecule has 0 aliphatic carbocycles. The van der Waals surface area contributed by atoms with Crippen LogP contribution < -0.4 is 0 Å². The lowest BCUT2D eigenvalue weighted by molar-refractivity contribution is -0.00206. The Morgan fingerprint density at radius 1 is 1.50 bits per heavy atom. The highest BCUT2D eigenvalue weighted by molar-refractivity contribution is 4.79. The summed E-state index contributed by atoms with van der Waals surface area (Å²) < 4.78 is 9.55. The second-order valence-corrected chi connectivity index (χ2v) is 1.33. The van der Waals surface area contributed by atoms with Gasteiger partial charge in [0.1, 0.15) is 12.5 Å². The monoisotopic (exact) mass is 115 g/mol. The average Bonchev–Trinajstić information content (AvgIpc) is 2.19. The van der Waals surface area contributed by atoms with Crippen LogP contribution in [0.1, 0.15) is 0 Å². The summed E-state index contributed by atoms with van der Waals surface area (Å²) in [5, 5.41) is 8.28. The maximum atomic E-state index is 8.28. The van der Waals surface area contributed by atoms with Crippen LogP contribution in [-0.4, -0.2) is 18.0 Å². The Balaban J connectivity index is 2.10. The minimum Gasteiger partial charge on any atom is -0.459 e. The fraction of sp³-hybridized carbons (Fsp3) is 0.400. The van der Waals surface area contributed by atoms with Crippen molar-refractivity contribution in [2.75, 3.05) is 6.61 Å². The summed E-state index contributed by atoms with van der Waals surface area (Å²) >= 11 is 0. The van der Waals surface area contributed by atoms with Crippen LogP contribution >= 0.6 is 0 Å². The van der Waals surface area contributed by atoms with E-state index in [9.17, 15) is 0 Å². The Kier molecular flexibility index (Phi) is 1.75. The van der Waals surface area contributed by atoms with Crippen molar-refractivity contribution in [2.24, 2.45) is 0 Å². The molecular formula is C5H7O3. The molecule has 0 amide bonds. The number of aliphatic hydroxyl groups excluding tert-OH is 1. The van der Waals surface area contributed by atoms with Crippen LogP contribution in [0.5, 0.6) is 0 Å². The Morgan fingerprint density at radius 2 is 2.12 bits per heavy atom. The van der Waals surface area contributed by atoms with E-state index in [0.29, 0.717) is 0 Å². The van der Waals surface area contributed by atoms with Crippen molar-refractivity contribution in [3.05, 3.63) is 18.9 Å². The summed E-state index contributed by atoms with van der Waals surface area (Å²) in [5.41, 5.74) is 0. The Labute approximate surface area is 47.5 Å². The molecule has 3 nitrogen and oxygen atoms in total. The molecule has 0 saturated heterocycles. The molecule has 1 rings (SSSR count). The summed E-state index contributed by atoms with van der Waals surface area (Å²) in [6.07, 6.45) is 4.02. The van der Waals surface area contributed by atoms with Crippen LogP contribution in [0.3, 0.4) is 0 Å². The summed E-state index contributed by atoms with van der Waals surface area (Å²) in [6, 6.07) is 0. The van der Waals surface area contributed by atoms with Crippen LogP contribution in [0.15, 0.2) is 12.5 Å². The molecule has 1 aliphatic heterocycles. The third kappa shape index (κ3) is 1.13. The number of aliphatic hydroxyl groups is 1. The maximum Gasteiger partial charge on any atom is 0.245 e. The molecule has 0 fully saturated rings. The van der Waals surface area contributed by atoms with Gasteiger partial charge in [-0.2, -0.15) is 0 Å². The molecule has 0 spiro atoms. The molecule has 3 heteroatoms. The van der Waals surface area contributed by atoms with Gasteiger partial charge in [-0.05, 0) is 0 Å². The Morgan fingerprint density at radius 3 is 2.62 bits per heavy atom. The first-order chi connectivity index (χ1) is 3.93. The second-order valence-electron chi connectivity index (χ2n) is 1.33. The van der Waals surface area contributed by atoms with E-state index >= 15 is 0 Å². The number of ether oxygens (including phenoxy) is 2. The van der Waals surface area contributed by atoms with Gasteiger partial charge in [-0.25, -0.2) is 0 Å². The van der Waals surface area contributed by atoms with Gasteiger partial charge in [-0.15, -0.1) is 0 Å². The minimum atomic E-state index is -0.375. The summed E-state index contributed by atoms with van der Waals surface area (Å²) in [5.74, 6) is 0. The van der Waals surface area contributed by atoms with Crippen molar-refractivity contribution >= 4 is 0 Å². The molecule has 0 aromatic heterocycles. The van der Waals surface area contributed by atoms with Crippen LogP contribution in [0.4, 0.5) is 0 Å². The van der Waals surface area contributed by atoms with Gasteiger partial charge in [0.2, 0.25) is 6.29 Å². The molecule has 1 aliphatic rings. The van der Waals surface area contributed by atoms with Crippen LogP contribution in [0.2, 0.25) is 0 Å². The summed E-state index contributed by atoms with van der Waals surface area (Å²) in [4.78, 5) is 0. The molecule has 0 aromatic carbocycles. The first kappa shape index (κ1) is 5.44. The Hall–Kier alpha value is -0.700. The molecule has 0 atom stereocenters. The SMILES string of the molecule is OC[CH]C1OC=CO1. The van der Waals surface area contributed by atoms with Gasteiger partial charge >= 0.3 is 0 Å². The molecule has 1 radical (unpaired) electrons. The van der Waals surface area contributed by atoms with E-state index in [2.05, 4.69) is 0 Å². The van der Waals surface area contributed by atoms with E-state index in [-0.39, 0.29) is 12.9 Å². The van der Waals surface area contributed by atoms with Crippen molar-refractivity contribution in [3.8, 4) is 0 Å². The first-order valence-electron chi connectivity index (χ1n) is 2.33. The van der Waals surface area contributed by atoms with E-state index < -0.39 is 0 Å². The highest BCUT2D eigenvalue weighted by atomic mass is 16.7. The van der Waals surface area contributed by atoms with E-state index in [0.717, 1.165) is 0 Å². The lowest BCUT2D eigenvalue weighted by Crippen LogP contribution is -2.09. The van der Waals surface area contributed by atoms with Gasteiger partial charge < -0.3 is 14.6 Å². The van der Waals surface area contributed by atoms with Gasteiger partial charge in [0, 0.05) is 0 Å². The standard InChI is InChI=1S/C5H7O3/c6-2-1-5-7-3-4-8-5/h1,3-6H,2H2. The number of hydrogen-bond donors (Lipinski definition) is 1. The van der Waals surface area contributed by atoms with Gasteiger partial charge in [0.25, 0.3) is 0 Å². The van der Waals surface area contributed by atoms with Gasteiger partial charge in [-0.1, -0.05) is 0 Å². The van der Waals surface area contributed by atoms with Gasteiger partial charge in [0.05, 0.1) is 13.0 Å². The highest BCUT2D eigenvalue weighted by Crippen LogP contribution is 2.06. The fourth-order valence-corrected chi connectivity index (χ4v) is 0.448. The van der Waals surface area contributed by atoms with E-state index in [1.54, 1.807) is 0 Å². The predicted molar refractivity (Wildman–Crippen MR) is 26.5 cm³/mol. The summed E-state index contributed by atoms with van der Waals surface area (Å²) in [7, 11) is 0. The number of rotatable bonds is 2. The molecular weight excluding hydrogens is 108 g/mol. The maximum absolute atomic E-state index is 8.28. The molecule has 1 N–H and O–H groups in total. The molecule has 1 heterocycles. The van der Waals surface area contributed by atoms with Gasteiger partial charge in [-0.3, -0.25) is 0 Å². The molecule has 8 heavy (non-hydrogen) atoms. The Bertz CT molecular complexity index is 81.7. The lowest BCUT2D eigenvalue weighted by Gasteiger charge is -2.05. The van der Waals surface area contributed by atoms with E-state index in [4.69, 9.17) is 14.6 Å². The fourth-order valence-electron chi connectivity index (χ4n) is 0.448. The van der Waals surface area contributed by atoms with Crippen LogP contribution in [0, 0.1) is 6.42 Å². The van der Waals surface area contributed by atoms with Crippen molar-refractivity contribution in [1.82, 2.24) is 0 Å². The average molecular weight is 115 g/mol.